The Morgan fingerprint density at radius 2 is 2.27 bits per heavy atom. The van der Waals surface area contributed by atoms with E-state index in [1.807, 2.05) is 19.1 Å². The number of rotatable bonds is 2. The highest BCUT2D eigenvalue weighted by Gasteiger charge is 1.98. The van der Waals surface area contributed by atoms with E-state index in [0.29, 0.717) is 10.6 Å². The van der Waals surface area contributed by atoms with E-state index in [-0.39, 0.29) is 0 Å². The minimum absolute atomic E-state index is 0.541. The molecule has 0 aliphatic carbocycles. The van der Waals surface area contributed by atoms with Crippen LogP contribution in [0.2, 0.25) is 5.02 Å². The normalized spacial score (nSPS) is 9.64. The van der Waals surface area contributed by atoms with Crippen molar-refractivity contribution in [3.63, 3.8) is 0 Å². The third-order valence-corrected chi connectivity index (χ3v) is 1.93. The fourth-order valence-corrected chi connectivity index (χ4v) is 1.13. The van der Waals surface area contributed by atoms with Crippen LogP contribution in [0, 0.1) is 0 Å². The van der Waals surface area contributed by atoms with Crippen LogP contribution in [-0.2, 0) is 6.42 Å². The Morgan fingerprint density at radius 1 is 1.55 bits per heavy atom. The summed E-state index contributed by atoms with van der Waals surface area (Å²) in [6.45, 7) is 2.05. The van der Waals surface area contributed by atoms with Crippen molar-refractivity contribution in [3.8, 4) is 0 Å². The summed E-state index contributed by atoms with van der Waals surface area (Å²) in [5.41, 5.74) is 1.71. The molecule has 0 atom stereocenters. The molecule has 0 amide bonds. The van der Waals surface area contributed by atoms with Crippen molar-refractivity contribution in [2.45, 2.75) is 13.3 Å². The van der Waals surface area contributed by atoms with E-state index >= 15 is 0 Å². The molecule has 0 saturated heterocycles. The average Bonchev–Trinajstić information content (AvgIpc) is 2.04. The molecule has 1 nitrogen and oxygen atoms in total. The van der Waals surface area contributed by atoms with Crippen LogP contribution in [0.15, 0.2) is 18.2 Å². The molecule has 2 heteroatoms. The van der Waals surface area contributed by atoms with Crippen molar-refractivity contribution >= 4 is 17.9 Å². The average molecular weight is 169 g/mol. The largest absolute Gasteiger partial charge is 0.298 e. The zero-order valence-electron chi connectivity index (χ0n) is 6.30. The Kier molecular flexibility index (Phi) is 2.66. The van der Waals surface area contributed by atoms with E-state index in [9.17, 15) is 4.79 Å². The monoisotopic (exact) mass is 168 g/mol. The van der Waals surface area contributed by atoms with Crippen molar-refractivity contribution in [1.82, 2.24) is 0 Å². The fourth-order valence-electron chi connectivity index (χ4n) is 0.886. The first-order valence-corrected chi connectivity index (χ1v) is 3.89. The first-order valence-electron chi connectivity index (χ1n) is 3.51. The highest BCUT2D eigenvalue weighted by atomic mass is 35.5. The van der Waals surface area contributed by atoms with Crippen molar-refractivity contribution in [1.29, 1.82) is 0 Å². The lowest BCUT2D eigenvalue weighted by Gasteiger charge is -1.98. The zero-order valence-corrected chi connectivity index (χ0v) is 7.06. The van der Waals surface area contributed by atoms with Gasteiger partial charge in [0, 0.05) is 5.56 Å². The van der Waals surface area contributed by atoms with E-state index in [0.717, 1.165) is 18.3 Å². The lowest BCUT2D eigenvalue weighted by molar-refractivity contribution is 0.112. The van der Waals surface area contributed by atoms with Crippen LogP contribution in [0.4, 0.5) is 0 Å². The molecule has 0 aliphatic rings. The van der Waals surface area contributed by atoms with Gasteiger partial charge >= 0.3 is 0 Å². The van der Waals surface area contributed by atoms with Gasteiger partial charge in [-0.3, -0.25) is 4.79 Å². The maximum absolute atomic E-state index is 10.3. The van der Waals surface area contributed by atoms with Gasteiger partial charge in [-0.25, -0.2) is 0 Å². The molecule has 0 unspecified atom stereocenters. The standard InChI is InChI=1S/C9H9ClO/c1-2-7-3-4-8(6-11)9(10)5-7/h3-6H,2H2,1H3. The quantitative estimate of drug-likeness (QED) is 0.621. The molecular formula is C9H9ClO. The molecule has 58 valence electrons. The third-order valence-electron chi connectivity index (χ3n) is 1.60. The number of carbonyl (C=O) groups is 1. The highest BCUT2D eigenvalue weighted by molar-refractivity contribution is 6.33. The van der Waals surface area contributed by atoms with Crippen molar-refractivity contribution in [2.24, 2.45) is 0 Å². The van der Waals surface area contributed by atoms with Crippen LogP contribution < -0.4 is 0 Å². The highest BCUT2D eigenvalue weighted by Crippen LogP contribution is 2.16. The van der Waals surface area contributed by atoms with Crippen LogP contribution in [0.3, 0.4) is 0 Å². The summed E-state index contributed by atoms with van der Waals surface area (Å²) in [5.74, 6) is 0. The first-order chi connectivity index (χ1) is 5.27. The predicted molar refractivity (Wildman–Crippen MR) is 46.2 cm³/mol. The molecule has 1 rings (SSSR count). The van der Waals surface area contributed by atoms with Gasteiger partial charge in [0.1, 0.15) is 0 Å². The Balaban J connectivity index is 3.09. The van der Waals surface area contributed by atoms with Crippen LogP contribution in [-0.4, -0.2) is 6.29 Å². The molecule has 0 radical (unpaired) electrons. The van der Waals surface area contributed by atoms with E-state index < -0.39 is 0 Å². The maximum Gasteiger partial charge on any atom is 0.151 e. The Bertz CT molecular complexity index is 268. The summed E-state index contributed by atoms with van der Waals surface area (Å²) in [5, 5.41) is 0.541. The molecule has 0 aromatic heterocycles. The number of aryl methyl sites for hydroxylation is 1. The number of aldehydes is 1. The predicted octanol–water partition coefficient (Wildman–Crippen LogP) is 2.71. The van der Waals surface area contributed by atoms with Crippen LogP contribution >= 0.6 is 11.6 Å². The molecule has 0 N–H and O–H groups in total. The Labute approximate surface area is 71.0 Å². The summed E-state index contributed by atoms with van der Waals surface area (Å²) < 4.78 is 0. The second-order valence-corrected chi connectivity index (χ2v) is 2.73. The Morgan fingerprint density at radius 3 is 2.73 bits per heavy atom. The molecule has 1 aromatic carbocycles. The lowest BCUT2D eigenvalue weighted by atomic mass is 10.1. The lowest BCUT2D eigenvalue weighted by Crippen LogP contribution is -1.84. The van der Waals surface area contributed by atoms with E-state index in [4.69, 9.17) is 11.6 Å². The van der Waals surface area contributed by atoms with Gasteiger partial charge in [0.15, 0.2) is 6.29 Å². The van der Waals surface area contributed by atoms with Gasteiger partial charge in [-0.2, -0.15) is 0 Å². The van der Waals surface area contributed by atoms with Crippen LogP contribution in [0.5, 0.6) is 0 Å². The second kappa shape index (κ2) is 3.54. The van der Waals surface area contributed by atoms with Crippen LogP contribution in [0.25, 0.3) is 0 Å². The SMILES string of the molecule is CCc1ccc(C=O)c(Cl)c1. The van der Waals surface area contributed by atoms with Gasteiger partial charge in [0.05, 0.1) is 5.02 Å². The Hall–Kier alpha value is -0.820. The van der Waals surface area contributed by atoms with E-state index in [1.54, 1.807) is 6.07 Å². The third kappa shape index (κ3) is 1.81. The van der Waals surface area contributed by atoms with E-state index in [1.165, 1.54) is 0 Å². The summed E-state index contributed by atoms with van der Waals surface area (Å²) in [7, 11) is 0. The molecule has 0 heterocycles. The summed E-state index contributed by atoms with van der Waals surface area (Å²) in [6, 6.07) is 5.48. The molecule has 0 spiro atoms. The van der Waals surface area contributed by atoms with Crippen molar-refractivity contribution < 1.29 is 4.79 Å². The van der Waals surface area contributed by atoms with Gasteiger partial charge in [0.2, 0.25) is 0 Å². The zero-order chi connectivity index (χ0) is 8.27. The molecular weight excluding hydrogens is 160 g/mol. The second-order valence-electron chi connectivity index (χ2n) is 2.33. The summed E-state index contributed by atoms with van der Waals surface area (Å²) in [6.07, 6.45) is 1.71. The number of halogens is 1. The molecule has 1 aromatic rings. The molecule has 0 bridgehead atoms. The van der Waals surface area contributed by atoms with Crippen LogP contribution in [0.1, 0.15) is 22.8 Å². The molecule has 0 fully saturated rings. The minimum atomic E-state index is 0.541. The smallest absolute Gasteiger partial charge is 0.151 e. The fraction of sp³-hybridized carbons (Fsp3) is 0.222. The number of hydrogen-bond donors (Lipinski definition) is 0. The number of benzene rings is 1. The van der Waals surface area contributed by atoms with Gasteiger partial charge in [-0.1, -0.05) is 24.6 Å². The van der Waals surface area contributed by atoms with Gasteiger partial charge in [-0.05, 0) is 24.1 Å². The van der Waals surface area contributed by atoms with Gasteiger partial charge in [0.25, 0.3) is 0 Å². The van der Waals surface area contributed by atoms with Gasteiger partial charge < -0.3 is 0 Å². The van der Waals surface area contributed by atoms with Crippen molar-refractivity contribution in [3.05, 3.63) is 34.3 Å². The van der Waals surface area contributed by atoms with Gasteiger partial charge in [-0.15, -0.1) is 0 Å². The van der Waals surface area contributed by atoms with Crippen molar-refractivity contribution in [2.75, 3.05) is 0 Å². The molecule has 0 aliphatic heterocycles. The summed E-state index contributed by atoms with van der Waals surface area (Å²) in [4.78, 5) is 10.3. The maximum atomic E-state index is 10.3. The number of hydrogen-bond acceptors (Lipinski definition) is 1. The topological polar surface area (TPSA) is 17.1 Å². The first kappa shape index (κ1) is 8.28. The summed E-state index contributed by atoms with van der Waals surface area (Å²) >= 11 is 5.78. The minimum Gasteiger partial charge on any atom is -0.298 e. The number of carbonyl (C=O) groups excluding carboxylic acids is 1. The molecule has 11 heavy (non-hydrogen) atoms. The van der Waals surface area contributed by atoms with E-state index in [2.05, 4.69) is 0 Å². The molecule has 0 saturated carbocycles.